The van der Waals surface area contributed by atoms with Crippen LogP contribution in [0.1, 0.15) is 5.56 Å². The van der Waals surface area contributed by atoms with E-state index in [1.54, 1.807) is 14.2 Å². The molecule has 1 amide bonds. The minimum absolute atomic E-state index is 0.136. The molecule has 6 heteroatoms. The quantitative estimate of drug-likeness (QED) is 0.814. The van der Waals surface area contributed by atoms with Gasteiger partial charge in [0.25, 0.3) is 0 Å². The molecule has 1 fully saturated rings. The van der Waals surface area contributed by atoms with Gasteiger partial charge in [0.05, 0.1) is 20.1 Å². The molecule has 2 aliphatic heterocycles. The van der Waals surface area contributed by atoms with E-state index >= 15 is 0 Å². The van der Waals surface area contributed by atoms with Crippen LogP contribution < -0.4 is 19.1 Å². The number of ether oxygens (including phenoxy) is 3. The average Bonchev–Trinajstić information content (AvgIpc) is 2.78. The van der Waals surface area contributed by atoms with E-state index in [1.165, 1.54) is 0 Å². The van der Waals surface area contributed by atoms with E-state index in [9.17, 15) is 4.79 Å². The molecule has 2 aliphatic rings. The lowest BCUT2D eigenvalue weighted by Gasteiger charge is -2.38. The van der Waals surface area contributed by atoms with Gasteiger partial charge < -0.3 is 24.0 Å². The molecule has 2 aromatic carbocycles. The number of benzene rings is 2. The molecule has 148 valence electrons. The second-order valence-corrected chi connectivity index (χ2v) is 7.20. The standard InChI is InChI=1S/C22H26N2O4/c1-26-19-5-3-4-18(14-19)23-8-10-24(11-9-23)22(25)17-12-16-13-20(27-2)6-7-21(16)28-15-17/h3-7,13-14,17H,8-12,15H2,1-2H3/t17-/m1/s1. The summed E-state index contributed by atoms with van der Waals surface area (Å²) in [6.07, 6.45) is 0.696. The van der Waals surface area contributed by atoms with Gasteiger partial charge >= 0.3 is 0 Å². The first-order chi connectivity index (χ1) is 13.7. The first kappa shape index (κ1) is 18.5. The van der Waals surface area contributed by atoms with Crippen LogP contribution in [0, 0.1) is 5.92 Å². The molecule has 0 bridgehead atoms. The monoisotopic (exact) mass is 382 g/mol. The van der Waals surface area contributed by atoms with Crippen LogP contribution in [-0.2, 0) is 11.2 Å². The summed E-state index contributed by atoms with van der Waals surface area (Å²) in [5, 5.41) is 0. The SMILES string of the molecule is COc1cccc(N2CCN(C(=O)[C@H]3COc4ccc(OC)cc4C3)CC2)c1. The van der Waals surface area contributed by atoms with Crippen molar-refractivity contribution in [3.63, 3.8) is 0 Å². The molecule has 6 nitrogen and oxygen atoms in total. The average molecular weight is 382 g/mol. The summed E-state index contributed by atoms with van der Waals surface area (Å²) in [5.41, 5.74) is 2.17. The molecule has 2 aromatic rings. The Morgan fingerprint density at radius 2 is 1.75 bits per heavy atom. The smallest absolute Gasteiger partial charge is 0.229 e. The predicted octanol–water partition coefficient (Wildman–Crippen LogP) is 2.60. The fourth-order valence-corrected chi connectivity index (χ4v) is 3.91. The summed E-state index contributed by atoms with van der Waals surface area (Å²) in [4.78, 5) is 17.3. The Balaban J connectivity index is 1.37. The number of methoxy groups -OCH3 is 2. The maximum atomic E-state index is 13.0. The molecule has 4 rings (SSSR count). The lowest BCUT2D eigenvalue weighted by molar-refractivity contribution is -0.137. The predicted molar refractivity (Wildman–Crippen MR) is 107 cm³/mol. The van der Waals surface area contributed by atoms with Crippen LogP contribution in [-0.4, -0.2) is 57.8 Å². The molecule has 0 radical (unpaired) electrons. The topological polar surface area (TPSA) is 51.2 Å². The third-order valence-corrected chi connectivity index (χ3v) is 5.53. The third-order valence-electron chi connectivity index (χ3n) is 5.53. The van der Waals surface area contributed by atoms with Gasteiger partial charge in [-0.05, 0) is 42.3 Å². The molecule has 1 atom stereocenters. The van der Waals surface area contributed by atoms with Gasteiger partial charge in [-0.25, -0.2) is 0 Å². The van der Waals surface area contributed by atoms with Crippen molar-refractivity contribution in [2.75, 3.05) is 51.9 Å². The molecule has 0 N–H and O–H groups in total. The summed E-state index contributed by atoms with van der Waals surface area (Å²) >= 11 is 0. The number of fused-ring (bicyclic) bond motifs is 1. The molecule has 0 aromatic heterocycles. The van der Waals surface area contributed by atoms with Crippen molar-refractivity contribution < 1.29 is 19.0 Å². The van der Waals surface area contributed by atoms with E-state index in [0.717, 1.165) is 54.7 Å². The highest BCUT2D eigenvalue weighted by Crippen LogP contribution is 2.31. The van der Waals surface area contributed by atoms with Crippen molar-refractivity contribution in [1.82, 2.24) is 4.90 Å². The second-order valence-electron chi connectivity index (χ2n) is 7.20. The van der Waals surface area contributed by atoms with Crippen LogP contribution in [0.2, 0.25) is 0 Å². The summed E-state index contributed by atoms with van der Waals surface area (Å²) < 4.78 is 16.4. The fourth-order valence-electron chi connectivity index (χ4n) is 3.91. The summed E-state index contributed by atoms with van der Waals surface area (Å²) in [7, 11) is 3.32. The number of anilines is 1. The molecule has 2 heterocycles. The highest BCUT2D eigenvalue weighted by atomic mass is 16.5. The maximum Gasteiger partial charge on any atom is 0.229 e. The maximum absolute atomic E-state index is 13.0. The number of nitrogens with zero attached hydrogens (tertiary/aromatic N) is 2. The molecular weight excluding hydrogens is 356 g/mol. The van der Waals surface area contributed by atoms with Gasteiger partial charge in [0, 0.05) is 37.9 Å². The lowest BCUT2D eigenvalue weighted by Crippen LogP contribution is -2.51. The number of rotatable bonds is 4. The summed E-state index contributed by atoms with van der Waals surface area (Å²) in [6, 6.07) is 13.8. The van der Waals surface area contributed by atoms with E-state index < -0.39 is 0 Å². The van der Waals surface area contributed by atoms with Crippen LogP contribution in [0.4, 0.5) is 5.69 Å². The molecule has 0 saturated carbocycles. The molecule has 1 saturated heterocycles. The van der Waals surface area contributed by atoms with Crippen molar-refractivity contribution in [3.05, 3.63) is 48.0 Å². The second kappa shape index (κ2) is 8.00. The van der Waals surface area contributed by atoms with Crippen LogP contribution in [0.3, 0.4) is 0 Å². The Bertz CT molecular complexity index is 846. The molecule has 0 spiro atoms. The number of piperazine rings is 1. The third kappa shape index (κ3) is 3.72. The minimum atomic E-state index is -0.136. The van der Waals surface area contributed by atoms with Crippen LogP contribution in [0.25, 0.3) is 0 Å². The summed E-state index contributed by atoms with van der Waals surface area (Å²) in [5.74, 6) is 2.54. The Labute approximate surface area is 165 Å². The van der Waals surface area contributed by atoms with E-state index in [4.69, 9.17) is 14.2 Å². The van der Waals surface area contributed by atoms with Gasteiger partial charge in [-0.1, -0.05) is 6.07 Å². The van der Waals surface area contributed by atoms with Gasteiger partial charge in [-0.3, -0.25) is 4.79 Å². The first-order valence-electron chi connectivity index (χ1n) is 9.65. The van der Waals surface area contributed by atoms with Crippen molar-refractivity contribution in [3.8, 4) is 17.2 Å². The Hall–Kier alpha value is -2.89. The summed E-state index contributed by atoms with van der Waals surface area (Å²) in [6.45, 7) is 3.51. The van der Waals surface area contributed by atoms with Crippen molar-refractivity contribution in [2.24, 2.45) is 5.92 Å². The van der Waals surface area contributed by atoms with Crippen LogP contribution >= 0.6 is 0 Å². The van der Waals surface area contributed by atoms with Gasteiger partial charge in [-0.2, -0.15) is 0 Å². The van der Waals surface area contributed by atoms with Gasteiger partial charge in [0.2, 0.25) is 5.91 Å². The van der Waals surface area contributed by atoms with Crippen molar-refractivity contribution in [1.29, 1.82) is 0 Å². The highest BCUT2D eigenvalue weighted by Gasteiger charge is 2.31. The van der Waals surface area contributed by atoms with Gasteiger partial charge in [0.15, 0.2) is 0 Å². The number of carbonyl (C=O) groups excluding carboxylic acids is 1. The van der Waals surface area contributed by atoms with E-state index in [2.05, 4.69) is 11.0 Å². The van der Waals surface area contributed by atoms with Crippen molar-refractivity contribution in [2.45, 2.75) is 6.42 Å². The van der Waals surface area contributed by atoms with Gasteiger partial charge in [0.1, 0.15) is 23.9 Å². The lowest BCUT2D eigenvalue weighted by atomic mass is 9.95. The molecule has 0 aliphatic carbocycles. The molecular formula is C22H26N2O4. The van der Waals surface area contributed by atoms with Crippen LogP contribution in [0.5, 0.6) is 17.2 Å². The number of carbonyl (C=O) groups is 1. The first-order valence-corrected chi connectivity index (χ1v) is 9.65. The number of amides is 1. The minimum Gasteiger partial charge on any atom is -0.497 e. The van der Waals surface area contributed by atoms with Crippen LogP contribution in [0.15, 0.2) is 42.5 Å². The Morgan fingerprint density at radius 3 is 2.50 bits per heavy atom. The normalized spacial score (nSPS) is 18.9. The Kier molecular flexibility index (Phi) is 5.28. The zero-order valence-electron chi connectivity index (χ0n) is 16.4. The number of hydrogen-bond acceptors (Lipinski definition) is 5. The zero-order valence-corrected chi connectivity index (χ0v) is 16.4. The van der Waals surface area contributed by atoms with Gasteiger partial charge in [-0.15, -0.1) is 0 Å². The molecule has 0 unspecified atom stereocenters. The van der Waals surface area contributed by atoms with E-state index in [-0.39, 0.29) is 11.8 Å². The van der Waals surface area contributed by atoms with E-state index in [0.29, 0.717) is 13.0 Å². The zero-order chi connectivity index (χ0) is 19.5. The molecule has 28 heavy (non-hydrogen) atoms. The van der Waals surface area contributed by atoms with E-state index in [1.807, 2.05) is 41.3 Å². The Morgan fingerprint density at radius 1 is 1.00 bits per heavy atom. The van der Waals surface area contributed by atoms with Crippen molar-refractivity contribution >= 4 is 11.6 Å². The number of hydrogen-bond donors (Lipinski definition) is 0. The largest absolute Gasteiger partial charge is 0.497 e. The fraction of sp³-hybridized carbons (Fsp3) is 0.409. The highest BCUT2D eigenvalue weighted by molar-refractivity contribution is 5.80.